The van der Waals surface area contributed by atoms with E-state index in [1.54, 1.807) is 26.0 Å². The van der Waals surface area contributed by atoms with Gasteiger partial charge in [0.2, 0.25) is 0 Å². The Balaban J connectivity index is 0.000000224. The summed E-state index contributed by atoms with van der Waals surface area (Å²) in [5.41, 5.74) is 17.1. The number of rotatable bonds is 8. The van der Waals surface area contributed by atoms with Crippen molar-refractivity contribution < 1.29 is 30.5 Å². The number of hydrogen-bond acceptors (Lipinski definition) is 6. The number of aromatic nitrogens is 2. The number of benzene rings is 4. The van der Waals surface area contributed by atoms with Gasteiger partial charge in [-0.1, -0.05) is 104 Å². The number of pyridine rings is 2. The second-order valence-electron chi connectivity index (χ2n) is 12.5. The molecule has 0 saturated heterocycles. The summed E-state index contributed by atoms with van der Waals surface area (Å²) in [6.45, 7) is 12.9. The van der Waals surface area contributed by atoms with E-state index in [2.05, 4.69) is 131 Å². The van der Waals surface area contributed by atoms with Crippen LogP contribution in [0.5, 0.6) is 11.5 Å². The van der Waals surface area contributed by atoms with Crippen molar-refractivity contribution in [1.29, 1.82) is 0 Å². The first-order chi connectivity index (χ1) is 24.1. The smallest absolute Gasteiger partial charge is 0.540 e. The normalized spacial score (nSPS) is 10.5. The molecule has 6 rings (SSSR count). The van der Waals surface area contributed by atoms with Gasteiger partial charge in [0.25, 0.3) is 0 Å². The molecule has 6 aromatic rings. The number of methoxy groups -OCH3 is 2. The average Bonchev–Trinajstić information content (AvgIpc) is 3.11. The molecule has 0 spiro atoms. The van der Waals surface area contributed by atoms with Gasteiger partial charge in [-0.05, 0) is 76.9 Å². The topological polar surface area (TPSA) is 44.2 Å². The van der Waals surface area contributed by atoms with Gasteiger partial charge < -0.3 is 19.4 Å². The Labute approximate surface area is 328 Å². The van der Waals surface area contributed by atoms with E-state index in [0.29, 0.717) is 5.75 Å². The molecule has 0 fully saturated rings. The maximum atomic E-state index is 5.46. The van der Waals surface area contributed by atoms with E-state index in [-0.39, 0.29) is 21.1 Å². The fourth-order valence-corrected chi connectivity index (χ4v) is 7.23. The van der Waals surface area contributed by atoms with E-state index in [9.17, 15) is 0 Å². The zero-order valence-corrected chi connectivity index (χ0v) is 34.7. The summed E-state index contributed by atoms with van der Waals surface area (Å²) >= 11 is 6.10. The third-order valence-electron chi connectivity index (χ3n) is 8.68. The van der Waals surface area contributed by atoms with Crippen LogP contribution in [-0.2, 0) is 26.8 Å². The number of thioether (sulfide) groups is 1. The third kappa shape index (κ3) is 9.35. The summed E-state index contributed by atoms with van der Waals surface area (Å²) in [6, 6.07) is 31.8. The fraction of sp³-hybridized carbons (Fsp3) is 0.227. The van der Waals surface area contributed by atoms with E-state index in [4.69, 9.17) is 9.47 Å². The molecule has 0 aliphatic rings. The molecule has 2 aromatic heterocycles. The minimum atomic E-state index is 0. The van der Waals surface area contributed by atoms with Crippen molar-refractivity contribution in [2.24, 2.45) is 0 Å². The van der Waals surface area contributed by atoms with Crippen LogP contribution in [0.3, 0.4) is 0 Å². The molecule has 0 bridgehead atoms. The van der Waals surface area contributed by atoms with Gasteiger partial charge in [0, 0.05) is 34.5 Å². The van der Waals surface area contributed by atoms with E-state index in [1.165, 1.54) is 49.4 Å². The second kappa shape index (κ2) is 18.1. The van der Waals surface area contributed by atoms with Crippen molar-refractivity contribution in [2.75, 3.05) is 20.5 Å². The number of hydrogen-bond donors (Lipinski definition) is 1. The number of nitrogens with zero attached hydrogens (tertiary/aromatic N) is 2. The molecule has 264 valence electrons. The number of ether oxygens (including phenoxy) is 2. The summed E-state index contributed by atoms with van der Waals surface area (Å²) in [5.74, 6) is 2.28. The molecule has 4 nitrogen and oxygen atoms in total. The van der Waals surface area contributed by atoms with E-state index < -0.39 is 0 Å². The molecular weight excluding hydrogens is 848 g/mol. The van der Waals surface area contributed by atoms with Crippen LogP contribution < -0.4 is 9.47 Å². The van der Waals surface area contributed by atoms with Crippen LogP contribution in [0.4, 0.5) is 0 Å². The third-order valence-corrected chi connectivity index (χ3v) is 9.77. The maximum absolute atomic E-state index is 5.46. The van der Waals surface area contributed by atoms with Gasteiger partial charge in [-0.15, -0.1) is 47.2 Å². The fourth-order valence-electron chi connectivity index (χ4n) is 6.60. The van der Waals surface area contributed by atoms with Crippen LogP contribution in [-0.4, -0.2) is 30.4 Å². The minimum Gasteiger partial charge on any atom is -0.540 e. The van der Waals surface area contributed by atoms with Crippen molar-refractivity contribution >= 4 is 24.4 Å². The molecule has 7 heteroatoms. The van der Waals surface area contributed by atoms with Gasteiger partial charge >= 0.3 is 21.1 Å². The van der Waals surface area contributed by atoms with Crippen LogP contribution in [0.25, 0.3) is 44.8 Å². The molecule has 0 unspecified atom stereocenters. The Morgan fingerprint density at radius 2 is 1.06 bits per heavy atom. The van der Waals surface area contributed by atoms with Gasteiger partial charge in [-0.25, -0.2) is 0 Å². The summed E-state index contributed by atoms with van der Waals surface area (Å²) in [5, 5.41) is 0. The van der Waals surface area contributed by atoms with Gasteiger partial charge in [-0.3, -0.25) is 0 Å². The molecule has 4 aromatic carbocycles. The molecule has 0 amide bonds. The number of thiol groups is 1. The Bertz CT molecular complexity index is 1950. The predicted molar refractivity (Wildman–Crippen MR) is 214 cm³/mol. The van der Waals surface area contributed by atoms with Gasteiger partial charge in [0.15, 0.2) is 0 Å². The van der Waals surface area contributed by atoms with Crippen LogP contribution in [0.15, 0.2) is 90.1 Å². The molecule has 0 atom stereocenters. The summed E-state index contributed by atoms with van der Waals surface area (Å²) in [6.07, 6.45) is 5.77. The molecule has 0 aliphatic carbocycles. The van der Waals surface area contributed by atoms with Gasteiger partial charge in [0.1, 0.15) is 0 Å². The van der Waals surface area contributed by atoms with Crippen LogP contribution in [0.2, 0.25) is 0 Å². The predicted octanol–water partition coefficient (Wildman–Crippen LogP) is 11.4. The van der Waals surface area contributed by atoms with Crippen LogP contribution in [0.1, 0.15) is 38.9 Å². The largest absolute Gasteiger partial charge is 2.00 e. The van der Waals surface area contributed by atoms with E-state index >= 15 is 0 Å². The Morgan fingerprint density at radius 1 is 0.627 bits per heavy atom. The molecular formula is C44H44N2O2PtS2. The Hall–Kier alpha value is -3.83. The molecule has 0 saturated carbocycles. The number of aryl methyl sites for hydroxylation is 6. The molecule has 0 radical (unpaired) electrons. The summed E-state index contributed by atoms with van der Waals surface area (Å²) in [4.78, 5) is 10.4. The standard InChI is InChI=1S/2C22H22NOS.Pt/c1-14-10-15(2)22(16(3)11-14)20-12-17(24-4)6-7-19(20)21-13-18(25-5)8-9-23-21;1-14-9-15(2)22(16(3)10-14)20-12-18(24-4)5-6-19(20)21-11-17(13-25)7-8-23-21;/h6,8-13H,1-5H3;5,7-12,25H,13H2,1-4H3;/q2*-1;+2. The SMILES string of the molecule is COc1c[c-]c(-c2cc(CS)ccn2)c(-c2c(C)cc(C)cc2C)c1.COc1c[c-]c(-c2cc(SC)ccn2)c(-c2c(C)cc(C)cc2C)c1.[Pt+2]. The van der Waals surface area contributed by atoms with Crippen molar-refractivity contribution in [3.63, 3.8) is 0 Å². The Kier molecular flexibility index (Phi) is 14.2. The van der Waals surface area contributed by atoms with E-state index in [1.807, 2.05) is 36.7 Å². The van der Waals surface area contributed by atoms with Crippen molar-refractivity contribution in [3.8, 4) is 56.3 Å². The van der Waals surface area contributed by atoms with Crippen molar-refractivity contribution in [2.45, 2.75) is 52.2 Å². The quantitative estimate of drug-likeness (QED) is 0.0937. The zero-order chi connectivity index (χ0) is 35.9. The molecule has 0 aliphatic heterocycles. The minimum absolute atomic E-state index is 0. The van der Waals surface area contributed by atoms with Crippen LogP contribution >= 0.6 is 24.4 Å². The first-order valence-electron chi connectivity index (χ1n) is 16.5. The zero-order valence-electron chi connectivity index (χ0n) is 30.7. The molecule has 2 heterocycles. The van der Waals surface area contributed by atoms with Crippen molar-refractivity contribution in [3.05, 3.63) is 136 Å². The second-order valence-corrected chi connectivity index (χ2v) is 13.7. The van der Waals surface area contributed by atoms with E-state index in [0.717, 1.165) is 50.7 Å². The van der Waals surface area contributed by atoms with Gasteiger partial charge in [0.05, 0.1) is 14.2 Å². The monoisotopic (exact) mass is 891 g/mol. The molecule has 51 heavy (non-hydrogen) atoms. The average molecular weight is 892 g/mol. The Morgan fingerprint density at radius 3 is 1.47 bits per heavy atom. The first-order valence-corrected chi connectivity index (χ1v) is 18.3. The first kappa shape index (κ1) is 39.9. The van der Waals surface area contributed by atoms with Crippen molar-refractivity contribution in [1.82, 2.24) is 9.97 Å². The maximum Gasteiger partial charge on any atom is 2.00 e. The van der Waals surface area contributed by atoms with Crippen LogP contribution in [0, 0.1) is 53.7 Å². The van der Waals surface area contributed by atoms with Gasteiger partial charge in [-0.2, -0.15) is 12.6 Å². The summed E-state index contributed by atoms with van der Waals surface area (Å²) in [7, 11) is 3.37. The summed E-state index contributed by atoms with van der Waals surface area (Å²) < 4.78 is 10.9. The molecule has 0 N–H and O–H groups in total.